The van der Waals surface area contributed by atoms with Crippen LogP contribution in [0, 0.1) is 29.4 Å². The second kappa shape index (κ2) is 9.50. The van der Waals surface area contributed by atoms with Crippen molar-refractivity contribution in [1.82, 2.24) is 14.9 Å². The molecule has 180 valence electrons. The van der Waals surface area contributed by atoms with Crippen LogP contribution in [0.1, 0.15) is 19.8 Å². The van der Waals surface area contributed by atoms with Crippen LogP contribution in [0.25, 0.3) is 10.9 Å². The molecule has 6 nitrogen and oxygen atoms in total. The maximum Gasteiger partial charge on any atom is 0.168 e. The Morgan fingerprint density at radius 2 is 1.88 bits per heavy atom. The van der Waals surface area contributed by atoms with E-state index in [-0.39, 0.29) is 5.69 Å². The van der Waals surface area contributed by atoms with E-state index in [1.165, 1.54) is 38.3 Å². The molecule has 1 saturated carbocycles. The number of nitrogens with one attached hydrogen (secondary N) is 1. The van der Waals surface area contributed by atoms with Gasteiger partial charge >= 0.3 is 0 Å². The molecule has 1 unspecified atom stereocenters. The molecule has 2 aliphatic rings. The minimum atomic E-state index is -0.885. The van der Waals surface area contributed by atoms with Gasteiger partial charge in [0, 0.05) is 24.5 Å². The molecule has 5 rings (SSSR count). The van der Waals surface area contributed by atoms with Gasteiger partial charge in [0.1, 0.15) is 23.0 Å². The second-order valence-electron chi connectivity index (χ2n) is 9.11. The number of hydrogen-bond acceptors (Lipinski definition) is 6. The zero-order valence-corrected chi connectivity index (χ0v) is 19.9. The minimum Gasteiger partial charge on any atom is -0.493 e. The van der Waals surface area contributed by atoms with Crippen molar-refractivity contribution in [3.63, 3.8) is 0 Å². The Balaban J connectivity index is 1.34. The van der Waals surface area contributed by atoms with Gasteiger partial charge in [0.05, 0.1) is 24.9 Å². The summed E-state index contributed by atoms with van der Waals surface area (Å²) in [4.78, 5) is 11.1. The van der Waals surface area contributed by atoms with Gasteiger partial charge in [0.2, 0.25) is 0 Å². The standard InChI is InChI=1S/C25H27ClF2N4O2/c1-3-32-10-15-6-14(7-16(15)11-32)12-34-22-9-20-17(8-21(22)33-2)25(30-13-29-20)31-19-5-4-18(27)23(26)24(19)28/h4-5,8-9,13-16H,3,6-7,10-12H2,1-2H3,(H,29,30,31)/t14?,15-,16+. The summed E-state index contributed by atoms with van der Waals surface area (Å²) in [6.45, 7) is 6.38. The lowest BCUT2D eigenvalue weighted by Gasteiger charge is -2.18. The van der Waals surface area contributed by atoms with Gasteiger partial charge in [-0.15, -0.1) is 0 Å². The monoisotopic (exact) mass is 488 g/mol. The molecule has 1 N–H and O–H groups in total. The molecule has 0 spiro atoms. The van der Waals surface area contributed by atoms with Gasteiger partial charge in [-0.2, -0.15) is 0 Å². The van der Waals surface area contributed by atoms with Crippen molar-refractivity contribution in [3.05, 3.63) is 47.2 Å². The molecular formula is C25H27ClF2N4O2. The quantitative estimate of drug-likeness (QED) is 0.432. The summed E-state index contributed by atoms with van der Waals surface area (Å²) in [7, 11) is 1.57. The van der Waals surface area contributed by atoms with Gasteiger partial charge in [-0.25, -0.2) is 18.7 Å². The van der Waals surface area contributed by atoms with Crippen LogP contribution >= 0.6 is 11.6 Å². The highest BCUT2D eigenvalue weighted by atomic mass is 35.5. The van der Waals surface area contributed by atoms with E-state index in [9.17, 15) is 8.78 Å². The first-order valence-electron chi connectivity index (χ1n) is 11.5. The summed E-state index contributed by atoms with van der Waals surface area (Å²) in [5.74, 6) is 1.87. The van der Waals surface area contributed by atoms with E-state index < -0.39 is 16.7 Å². The Morgan fingerprint density at radius 1 is 1.12 bits per heavy atom. The van der Waals surface area contributed by atoms with Crippen LogP contribution in [0.4, 0.5) is 20.3 Å². The molecule has 3 atom stereocenters. The molecule has 0 bridgehead atoms. The highest BCUT2D eigenvalue weighted by molar-refractivity contribution is 6.31. The zero-order chi connectivity index (χ0) is 23.8. The number of likely N-dealkylation sites (tertiary alicyclic amines) is 1. The lowest BCUT2D eigenvalue weighted by atomic mass is 10.0. The molecule has 0 amide bonds. The lowest BCUT2D eigenvalue weighted by molar-refractivity contribution is 0.223. The molecule has 1 saturated heterocycles. The summed E-state index contributed by atoms with van der Waals surface area (Å²) in [5, 5.41) is 2.92. The van der Waals surface area contributed by atoms with E-state index in [0.29, 0.717) is 40.7 Å². The summed E-state index contributed by atoms with van der Waals surface area (Å²) in [6, 6.07) is 5.94. The second-order valence-corrected chi connectivity index (χ2v) is 9.49. The van der Waals surface area contributed by atoms with Crippen molar-refractivity contribution in [3.8, 4) is 11.5 Å². The molecule has 1 aromatic heterocycles. The fraction of sp³-hybridized carbons (Fsp3) is 0.440. The third-order valence-corrected chi connectivity index (χ3v) is 7.40. The maximum absolute atomic E-state index is 14.4. The van der Waals surface area contributed by atoms with Crippen LogP contribution in [0.3, 0.4) is 0 Å². The average Bonchev–Trinajstić information content (AvgIpc) is 3.41. The zero-order valence-electron chi connectivity index (χ0n) is 19.2. The number of benzene rings is 2. The highest BCUT2D eigenvalue weighted by Crippen LogP contribution is 2.42. The van der Waals surface area contributed by atoms with Gasteiger partial charge in [-0.1, -0.05) is 18.5 Å². The predicted molar refractivity (Wildman–Crippen MR) is 128 cm³/mol. The Morgan fingerprint density at radius 3 is 2.59 bits per heavy atom. The first kappa shape index (κ1) is 23.1. The average molecular weight is 489 g/mol. The van der Waals surface area contributed by atoms with E-state index in [2.05, 4.69) is 27.1 Å². The van der Waals surface area contributed by atoms with Crippen molar-refractivity contribution in [2.45, 2.75) is 19.8 Å². The molecule has 2 heterocycles. The number of hydrogen-bond donors (Lipinski definition) is 1. The number of ether oxygens (including phenoxy) is 2. The Hall–Kier alpha value is -2.71. The maximum atomic E-state index is 14.4. The predicted octanol–water partition coefficient (Wildman–Crippen LogP) is 5.67. The van der Waals surface area contributed by atoms with Gasteiger partial charge in [-0.3, -0.25) is 0 Å². The van der Waals surface area contributed by atoms with Crippen molar-refractivity contribution in [1.29, 1.82) is 0 Å². The number of rotatable bonds is 7. The highest BCUT2D eigenvalue weighted by Gasteiger charge is 2.40. The number of halogens is 3. The minimum absolute atomic E-state index is 0.0131. The SMILES string of the molecule is CCN1C[C@H]2CC(COc3cc4ncnc(Nc5ccc(F)c(Cl)c5F)c4cc3OC)C[C@H]2C1. The van der Waals surface area contributed by atoms with Crippen molar-refractivity contribution >= 4 is 34.0 Å². The van der Waals surface area contributed by atoms with Gasteiger partial charge in [0.15, 0.2) is 17.3 Å². The first-order chi connectivity index (χ1) is 16.5. The molecule has 3 aromatic rings. The normalized spacial score (nSPS) is 22.2. The van der Waals surface area contributed by atoms with Gasteiger partial charge < -0.3 is 19.7 Å². The van der Waals surface area contributed by atoms with E-state index in [0.717, 1.165) is 24.4 Å². The van der Waals surface area contributed by atoms with Crippen LogP contribution in [0.2, 0.25) is 5.02 Å². The van der Waals surface area contributed by atoms with E-state index in [4.69, 9.17) is 21.1 Å². The Labute approximate surface area is 202 Å². The van der Waals surface area contributed by atoms with E-state index in [1.54, 1.807) is 13.2 Å². The Bertz CT molecular complexity index is 1200. The smallest absolute Gasteiger partial charge is 0.168 e. The molecular weight excluding hydrogens is 462 g/mol. The largest absolute Gasteiger partial charge is 0.493 e. The number of nitrogens with zero attached hydrogens (tertiary/aromatic N) is 3. The molecule has 2 aromatic carbocycles. The van der Waals surface area contributed by atoms with Crippen LogP contribution < -0.4 is 14.8 Å². The van der Waals surface area contributed by atoms with Crippen LogP contribution in [-0.4, -0.2) is 48.2 Å². The summed E-state index contributed by atoms with van der Waals surface area (Å²) in [5.41, 5.74) is 0.628. The number of methoxy groups -OCH3 is 1. The topological polar surface area (TPSA) is 59.5 Å². The van der Waals surface area contributed by atoms with Crippen LogP contribution in [-0.2, 0) is 0 Å². The molecule has 2 fully saturated rings. The molecule has 9 heteroatoms. The van der Waals surface area contributed by atoms with E-state index in [1.807, 2.05) is 6.07 Å². The van der Waals surface area contributed by atoms with Crippen LogP contribution in [0.5, 0.6) is 11.5 Å². The van der Waals surface area contributed by atoms with Crippen molar-refractivity contribution in [2.24, 2.45) is 17.8 Å². The molecule has 0 radical (unpaired) electrons. The number of anilines is 2. The molecule has 1 aliphatic heterocycles. The number of aromatic nitrogens is 2. The van der Waals surface area contributed by atoms with Crippen molar-refractivity contribution < 1.29 is 18.3 Å². The number of fused-ring (bicyclic) bond motifs is 2. The fourth-order valence-corrected chi connectivity index (χ4v) is 5.48. The first-order valence-corrected chi connectivity index (χ1v) is 11.9. The lowest BCUT2D eigenvalue weighted by Crippen LogP contribution is -2.22. The molecule has 34 heavy (non-hydrogen) atoms. The summed E-state index contributed by atoms with van der Waals surface area (Å²) in [6.07, 6.45) is 3.76. The Kier molecular flexibility index (Phi) is 6.44. The van der Waals surface area contributed by atoms with Gasteiger partial charge in [-0.05, 0) is 55.3 Å². The van der Waals surface area contributed by atoms with Crippen molar-refractivity contribution in [2.75, 3.05) is 38.7 Å². The third kappa shape index (κ3) is 4.36. The van der Waals surface area contributed by atoms with Gasteiger partial charge in [0.25, 0.3) is 0 Å². The van der Waals surface area contributed by atoms with E-state index >= 15 is 0 Å². The third-order valence-electron chi connectivity index (χ3n) is 7.05. The summed E-state index contributed by atoms with van der Waals surface area (Å²) < 4.78 is 39.7. The summed E-state index contributed by atoms with van der Waals surface area (Å²) >= 11 is 5.71. The van der Waals surface area contributed by atoms with Crippen LogP contribution in [0.15, 0.2) is 30.6 Å². The fourth-order valence-electron chi connectivity index (χ4n) is 5.31. The molecule has 1 aliphatic carbocycles.